The van der Waals surface area contributed by atoms with E-state index in [1.807, 2.05) is 12.3 Å². The first-order chi connectivity index (χ1) is 9.74. The molecule has 0 amide bonds. The summed E-state index contributed by atoms with van der Waals surface area (Å²) in [5.74, 6) is 2.01. The van der Waals surface area contributed by atoms with Crippen molar-refractivity contribution < 1.29 is 0 Å². The lowest BCUT2D eigenvalue weighted by Gasteiger charge is -2.34. The monoisotopic (exact) mass is 275 g/mol. The van der Waals surface area contributed by atoms with Crippen LogP contribution in [0.5, 0.6) is 0 Å². The minimum Gasteiger partial charge on any atom is -0.370 e. The molecular weight excluding hydrogens is 246 g/mol. The van der Waals surface area contributed by atoms with Crippen molar-refractivity contribution in [1.82, 2.24) is 9.88 Å². The van der Waals surface area contributed by atoms with E-state index in [1.54, 1.807) is 0 Å². The Morgan fingerprint density at radius 3 is 2.65 bits per heavy atom. The van der Waals surface area contributed by atoms with E-state index in [2.05, 4.69) is 42.2 Å². The number of hydrogen-bond acceptors (Lipinski definition) is 3. The molecule has 0 radical (unpaired) electrons. The van der Waals surface area contributed by atoms with Gasteiger partial charge in [-0.3, -0.25) is 4.90 Å². The normalized spacial score (nSPS) is 23.0. The average molecular weight is 275 g/mol. The zero-order chi connectivity index (χ0) is 14.4. The maximum Gasteiger partial charge on any atom is 0.130 e. The molecule has 0 saturated heterocycles. The van der Waals surface area contributed by atoms with E-state index in [4.69, 9.17) is 0 Å². The molecule has 0 atom stereocenters. The number of anilines is 1. The van der Waals surface area contributed by atoms with Gasteiger partial charge in [0.2, 0.25) is 0 Å². The van der Waals surface area contributed by atoms with Crippen LogP contribution in [-0.2, 0) is 6.54 Å². The van der Waals surface area contributed by atoms with Gasteiger partial charge in [-0.05, 0) is 51.6 Å². The van der Waals surface area contributed by atoms with Crippen LogP contribution in [0.1, 0.15) is 51.5 Å². The minimum atomic E-state index is 0.743. The van der Waals surface area contributed by atoms with Crippen molar-refractivity contribution >= 4 is 5.82 Å². The van der Waals surface area contributed by atoms with Gasteiger partial charge in [-0.25, -0.2) is 4.98 Å². The molecule has 0 spiro atoms. The summed E-state index contributed by atoms with van der Waals surface area (Å²) >= 11 is 0. The Labute approximate surface area is 123 Å². The van der Waals surface area contributed by atoms with Gasteiger partial charge in [-0.1, -0.05) is 19.4 Å². The third-order valence-electron chi connectivity index (χ3n) is 4.67. The number of nitrogens with zero attached hydrogens (tertiary/aromatic N) is 2. The highest BCUT2D eigenvalue weighted by atomic mass is 15.1. The standard InChI is InChI=1S/C17H29N3/c1-4-14-8-10-16(11-9-14)20(3)13-15-7-6-12-19-17(15)18-5-2/h6-7,12,14,16H,4-5,8-11,13H2,1-3H3,(H,18,19). The van der Waals surface area contributed by atoms with Crippen LogP contribution in [0, 0.1) is 5.92 Å². The van der Waals surface area contributed by atoms with Crippen molar-refractivity contribution in [2.75, 3.05) is 18.9 Å². The average Bonchev–Trinajstić information content (AvgIpc) is 2.49. The van der Waals surface area contributed by atoms with E-state index in [9.17, 15) is 0 Å². The molecule has 1 heterocycles. The molecule has 1 aromatic heterocycles. The third kappa shape index (κ3) is 3.95. The lowest BCUT2D eigenvalue weighted by Crippen LogP contribution is -2.34. The van der Waals surface area contributed by atoms with Gasteiger partial charge >= 0.3 is 0 Å². The van der Waals surface area contributed by atoms with Gasteiger partial charge in [-0.15, -0.1) is 0 Å². The lowest BCUT2D eigenvalue weighted by molar-refractivity contribution is 0.157. The molecule has 1 aliphatic rings. The Morgan fingerprint density at radius 1 is 1.25 bits per heavy atom. The van der Waals surface area contributed by atoms with Crippen LogP contribution in [0.25, 0.3) is 0 Å². The highest BCUT2D eigenvalue weighted by Crippen LogP contribution is 2.29. The molecule has 0 unspecified atom stereocenters. The molecular formula is C17H29N3. The lowest BCUT2D eigenvalue weighted by atomic mass is 9.84. The van der Waals surface area contributed by atoms with Crippen LogP contribution in [0.15, 0.2) is 18.3 Å². The Bertz CT molecular complexity index is 397. The first-order valence-corrected chi connectivity index (χ1v) is 8.12. The van der Waals surface area contributed by atoms with E-state index in [0.29, 0.717) is 0 Å². The topological polar surface area (TPSA) is 28.2 Å². The van der Waals surface area contributed by atoms with Crippen molar-refractivity contribution in [1.29, 1.82) is 0 Å². The van der Waals surface area contributed by atoms with Crippen LogP contribution in [-0.4, -0.2) is 29.5 Å². The van der Waals surface area contributed by atoms with Crippen molar-refractivity contribution in [2.24, 2.45) is 5.92 Å². The first kappa shape index (κ1) is 15.3. The Morgan fingerprint density at radius 2 is 2.00 bits per heavy atom. The van der Waals surface area contributed by atoms with Gasteiger partial charge in [-0.2, -0.15) is 0 Å². The molecule has 1 N–H and O–H groups in total. The second-order valence-corrected chi connectivity index (χ2v) is 6.04. The fourth-order valence-electron chi connectivity index (χ4n) is 3.28. The highest BCUT2D eigenvalue weighted by molar-refractivity contribution is 5.43. The Hall–Kier alpha value is -1.09. The van der Waals surface area contributed by atoms with Gasteiger partial charge < -0.3 is 5.32 Å². The summed E-state index contributed by atoms with van der Waals surface area (Å²) in [4.78, 5) is 6.97. The fraction of sp³-hybridized carbons (Fsp3) is 0.706. The molecule has 1 saturated carbocycles. The van der Waals surface area contributed by atoms with E-state index < -0.39 is 0 Å². The quantitative estimate of drug-likeness (QED) is 0.853. The van der Waals surface area contributed by atoms with Crippen LogP contribution >= 0.6 is 0 Å². The maximum absolute atomic E-state index is 4.45. The van der Waals surface area contributed by atoms with E-state index in [-0.39, 0.29) is 0 Å². The molecule has 3 heteroatoms. The van der Waals surface area contributed by atoms with Gasteiger partial charge in [0.15, 0.2) is 0 Å². The second-order valence-electron chi connectivity index (χ2n) is 6.04. The Kier molecular flexibility index (Phi) is 5.84. The molecule has 2 rings (SSSR count). The predicted molar refractivity (Wildman–Crippen MR) is 85.9 cm³/mol. The van der Waals surface area contributed by atoms with Gasteiger partial charge in [0.25, 0.3) is 0 Å². The van der Waals surface area contributed by atoms with Crippen molar-refractivity contribution in [3.05, 3.63) is 23.9 Å². The molecule has 112 valence electrons. The number of rotatable bonds is 6. The summed E-state index contributed by atoms with van der Waals surface area (Å²) in [6.07, 6.45) is 8.73. The number of hydrogen-bond donors (Lipinski definition) is 1. The molecule has 0 bridgehead atoms. The molecule has 0 aromatic carbocycles. The molecule has 1 aromatic rings. The van der Waals surface area contributed by atoms with Crippen LogP contribution < -0.4 is 5.32 Å². The van der Waals surface area contributed by atoms with Crippen LogP contribution in [0.2, 0.25) is 0 Å². The van der Waals surface area contributed by atoms with Crippen molar-refractivity contribution in [3.63, 3.8) is 0 Å². The maximum atomic E-state index is 4.45. The fourth-order valence-corrected chi connectivity index (χ4v) is 3.28. The number of pyridine rings is 1. The summed E-state index contributed by atoms with van der Waals surface area (Å²) in [5, 5.41) is 3.36. The molecule has 1 fully saturated rings. The second kappa shape index (κ2) is 7.63. The van der Waals surface area contributed by atoms with Gasteiger partial charge in [0.05, 0.1) is 0 Å². The highest BCUT2D eigenvalue weighted by Gasteiger charge is 2.23. The summed E-state index contributed by atoms with van der Waals surface area (Å²) in [6.45, 7) is 6.37. The SMILES string of the molecule is CCNc1ncccc1CN(C)C1CCC(CC)CC1. The molecule has 20 heavy (non-hydrogen) atoms. The summed E-state index contributed by atoms with van der Waals surface area (Å²) in [6, 6.07) is 4.98. The zero-order valence-electron chi connectivity index (χ0n) is 13.2. The zero-order valence-corrected chi connectivity index (χ0v) is 13.2. The van der Waals surface area contributed by atoms with Crippen LogP contribution in [0.4, 0.5) is 5.82 Å². The summed E-state index contributed by atoms with van der Waals surface area (Å²) < 4.78 is 0. The predicted octanol–water partition coefficient (Wildman–Crippen LogP) is 3.91. The largest absolute Gasteiger partial charge is 0.370 e. The summed E-state index contributed by atoms with van der Waals surface area (Å²) in [5.41, 5.74) is 1.31. The van der Waals surface area contributed by atoms with Crippen LogP contribution in [0.3, 0.4) is 0 Å². The number of nitrogens with one attached hydrogen (secondary N) is 1. The molecule has 3 nitrogen and oxygen atoms in total. The van der Waals surface area contributed by atoms with E-state index in [0.717, 1.165) is 30.9 Å². The molecule has 0 aliphatic heterocycles. The van der Waals surface area contributed by atoms with E-state index >= 15 is 0 Å². The first-order valence-electron chi connectivity index (χ1n) is 8.12. The summed E-state index contributed by atoms with van der Waals surface area (Å²) in [7, 11) is 2.26. The van der Waals surface area contributed by atoms with Crippen molar-refractivity contribution in [2.45, 2.75) is 58.5 Å². The molecule has 1 aliphatic carbocycles. The third-order valence-corrected chi connectivity index (χ3v) is 4.67. The Balaban J connectivity index is 1.93. The minimum absolute atomic E-state index is 0.743. The number of aromatic nitrogens is 1. The van der Waals surface area contributed by atoms with E-state index in [1.165, 1.54) is 37.7 Å². The van der Waals surface area contributed by atoms with Crippen molar-refractivity contribution in [3.8, 4) is 0 Å². The van der Waals surface area contributed by atoms with Gasteiger partial charge in [0, 0.05) is 30.9 Å². The van der Waals surface area contributed by atoms with Gasteiger partial charge in [0.1, 0.15) is 5.82 Å². The smallest absolute Gasteiger partial charge is 0.130 e.